The van der Waals surface area contributed by atoms with Gasteiger partial charge in [0.05, 0.1) is 12.5 Å². The van der Waals surface area contributed by atoms with Gasteiger partial charge < -0.3 is 31.7 Å². The molecule has 1 aromatic rings. The highest BCUT2D eigenvalue weighted by Crippen LogP contribution is 2.19. The number of nitrogens with one attached hydrogen (secondary N) is 1. The zero-order valence-corrected chi connectivity index (χ0v) is 24.3. The number of hydrogen-bond donors (Lipinski definition) is 4. The number of carbonyl (C=O) groups excluding carboxylic acids is 4. The summed E-state index contributed by atoms with van der Waals surface area (Å²) >= 11 is 0. The SMILES string of the molecule is CC.CCCN.CNC(=O)CCCCN(Cc1cccc(F)c1)C(=O)C1CCCN1C=O.C[C@@H](O)CC(N)=O. The number of rotatable bonds is 12. The third kappa shape index (κ3) is 18.8. The lowest BCUT2D eigenvalue weighted by atomic mass is 10.1. The number of nitrogens with zero attached hydrogens (tertiary/aromatic N) is 2. The third-order valence-electron chi connectivity index (χ3n) is 5.43. The first-order chi connectivity index (χ1) is 18.6. The molecule has 1 aliphatic rings. The van der Waals surface area contributed by atoms with E-state index in [1.807, 2.05) is 13.8 Å². The van der Waals surface area contributed by atoms with Gasteiger partial charge in [-0.05, 0) is 63.3 Å². The molecule has 2 rings (SSSR count). The van der Waals surface area contributed by atoms with E-state index in [4.69, 9.17) is 16.6 Å². The molecule has 0 aliphatic carbocycles. The van der Waals surface area contributed by atoms with Crippen LogP contribution in [0.1, 0.15) is 78.2 Å². The molecule has 0 aromatic heterocycles. The molecule has 0 saturated carbocycles. The van der Waals surface area contributed by atoms with Crippen molar-refractivity contribution in [2.75, 3.05) is 26.7 Å². The van der Waals surface area contributed by atoms with Gasteiger partial charge in [-0.2, -0.15) is 0 Å². The number of amides is 4. The topological polar surface area (TPSA) is 159 Å². The monoisotopic (exact) mass is 555 g/mol. The minimum absolute atomic E-state index is 0.0315. The highest BCUT2D eigenvalue weighted by Gasteiger charge is 2.32. The fraction of sp³-hybridized carbons (Fsp3) is 0.643. The highest BCUT2D eigenvalue weighted by atomic mass is 19.1. The summed E-state index contributed by atoms with van der Waals surface area (Å²) in [5.74, 6) is -0.949. The lowest BCUT2D eigenvalue weighted by molar-refractivity contribution is -0.140. The molecule has 1 saturated heterocycles. The van der Waals surface area contributed by atoms with Gasteiger partial charge >= 0.3 is 0 Å². The van der Waals surface area contributed by atoms with E-state index in [-0.39, 0.29) is 24.1 Å². The van der Waals surface area contributed by atoms with E-state index in [1.54, 1.807) is 24.1 Å². The number of aliphatic hydroxyl groups excluding tert-OH is 1. The zero-order valence-electron chi connectivity index (χ0n) is 24.3. The molecule has 1 aliphatic heterocycles. The summed E-state index contributed by atoms with van der Waals surface area (Å²) in [6, 6.07) is 5.73. The van der Waals surface area contributed by atoms with Gasteiger partial charge in [0.15, 0.2) is 0 Å². The quantitative estimate of drug-likeness (QED) is 0.229. The molecule has 39 heavy (non-hydrogen) atoms. The highest BCUT2D eigenvalue weighted by molar-refractivity contribution is 5.84. The first-order valence-electron chi connectivity index (χ1n) is 13.7. The molecule has 1 unspecified atom stereocenters. The summed E-state index contributed by atoms with van der Waals surface area (Å²) in [7, 11) is 1.59. The number of halogens is 1. The second-order valence-electron chi connectivity index (χ2n) is 8.83. The summed E-state index contributed by atoms with van der Waals surface area (Å²) in [5.41, 5.74) is 10.4. The van der Waals surface area contributed by atoms with Crippen LogP contribution in [0.4, 0.5) is 4.39 Å². The Bertz CT molecular complexity index is 823. The molecule has 4 amide bonds. The largest absolute Gasteiger partial charge is 0.393 e. The van der Waals surface area contributed by atoms with Crippen LogP contribution in [0, 0.1) is 5.82 Å². The maximum absolute atomic E-state index is 13.5. The third-order valence-corrected chi connectivity index (χ3v) is 5.43. The van der Waals surface area contributed by atoms with Crippen molar-refractivity contribution in [2.24, 2.45) is 11.5 Å². The van der Waals surface area contributed by atoms with Gasteiger partial charge in [0.2, 0.25) is 24.1 Å². The van der Waals surface area contributed by atoms with Gasteiger partial charge in [0.1, 0.15) is 11.9 Å². The van der Waals surface area contributed by atoms with Crippen LogP contribution in [0.25, 0.3) is 0 Å². The van der Waals surface area contributed by atoms with E-state index >= 15 is 0 Å². The minimum atomic E-state index is -0.600. The van der Waals surface area contributed by atoms with Gasteiger partial charge in [0, 0.05) is 33.1 Å². The Labute approximate surface area is 233 Å². The molecular formula is C28H50FN5O5. The predicted molar refractivity (Wildman–Crippen MR) is 152 cm³/mol. The molecule has 6 N–H and O–H groups in total. The summed E-state index contributed by atoms with van der Waals surface area (Å²) in [4.78, 5) is 48.5. The number of hydrogen-bond acceptors (Lipinski definition) is 6. The molecule has 0 spiro atoms. The van der Waals surface area contributed by atoms with Crippen LogP contribution in [0.3, 0.4) is 0 Å². The smallest absolute Gasteiger partial charge is 0.245 e. The average Bonchev–Trinajstić information content (AvgIpc) is 3.39. The van der Waals surface area contributed by atoms with Gasteiger partial charge in [-0.1, -0.05) is 32.9 Å². The van der Waals surface area contributed by atoms with Crippen molar-refractivity contribution in [3.8, 4) is 0 Å². The number of aliphatic hydroxyl groups is 1. The molecule has 1 fully saturated rings. The fourth-order valence-electron chi connectivity index (χ4n) is 3.52. The summed E-state index contributed by atoms with van der Waals surface area (Å²) in [5, 5.41) is 11.0. The molecule has 0 bridgehead atoms. The maximum atomic E-state index is 13.5. The number of likely N-dealkylation sites (tertiary alicyclic amines) is 1. The molecule has 0 radical (unpaired) electrons. The summed E-state index contributed by atoms with van der Waals surface area (Å²) in [6.07, 6.45) is 4.47. The van der Waals surface area contributed by atoms with Crippen molar-refractivity contribution in [1.29, 1.82) is 0 Å². The molecular weight excluding hydrogens is 505 g/mol. The van der Waals surface area contributed by atoms with Crippen LogP contribution in [-0.2, 0) is 25.7 Å². The molecule has 1 aromatic carbocycles. The van der Waals surface area contributed by atoms with Gasteiger partial charge in [-0.25, -0.2) is 4.39 Å². The number of unbranched alkanes of at least 4 members (excludes halogenated alkanes) is 1. The van der Waals surface area contributed by atoms with E-state index in [9.17, 15) is 23.6 Å². The first kappa shape index (κ1) is 38.1. The molecule has 10 nitrogen and oxygen atoms in total. The molecule has 2 atom stereocenters. The van der Waals surface area contributed by atoms with Crippen molar-refractivity contribution in [1.82, 2.24) is 15.1 Å². The van der Waals surface area contributed by atoms with Crippen molar-refractivity contribution in [3.63, 3.8) is 0 Å². The van der Waals surface area contributed by atoms with Gasteiger partial charge in [-0.3, -0.25) is 19.2 Å². The van der Waals surface area contributed by atoms with E-state index in [0.29, 0.717) is 50.9 Å². The van der Waals surface area contributed by atoms with Crippen LogP contribution < -0.4 is 16.8 Å². The molecule has 1 heterocycles. The Morgan fingerprint density at radius 2 is 1.92 bits per heavy atom. The summed E-state index contributed by atoms with van der Waals surface area (Å²) < 4.78 is 13.5. The Hall–Kier alpha value is -3.05. The molecule has 224 valence electrons. The Morgan fingerprint density at radius 1 is 1.28 bits per heavy atom. The van der Waals surface area contributed by atoms with Crippen LogP contribution in [0.15, 0.2) is 24.3 Å². The van der Waals surface area contributed by atoms with Crippen molar-refractivity contribution >= 4 is 24.1 Å². The number of primary amides is 1. The Kier molecular flexibility index (Phi) is 23.5. The number of carbonyl (C=O) groups is 4. The average molecular weight is 556 g/mol. The lowest BCUT2D eigenvalue weighted by Crippen LogP contribution is -2.45. The van der Waals surface area contributed by atoms with Crippen molar-refractivity contribution in [3.05, 3.63) is 35.6 Å². The van der Waals surface area contributed by atoms with Gasteiger partial charge in [0.25, 0.3) is 0 Å². The van der Waals surface area contributed by atoms with Gasteiger partial charge in [-0.15, -0.1) is 0 Å². The van der Waals surface area contributed by atoms with E-state index in [1.165, 1.54) is 24.0 Å². The standard InChI is InChI=1S/C19H26FN3O3.C4H9NO2.C3H9N.C2H6/c1-21-18(25)9-2-3-10-22(13-15-6-4-7-16(20)12-15)19(26)17-8-5-11-23(17)14-24;1-3(6)2-4(5)7;1-2-3-4;1-2/h4,6-7,12,14,17H,2-3,5,8-11,13H2,1H3,(H,21,25);3,6H,2H2,1H3,(H2,5,7);2-4H2,1H3;1-2H3/t;3-;;/m.1../s1. The molecule has 11 heteroatoms. The summed E-state index contributed by atoms with van der Waals surface area (Å²) in [6.45, 7) is 9.74. The van der Waals surface area contributed by atoms with Crippen LogP contribution in [0.2, 0.25) is 0 Å². The minimum Gasteiger partial charge on any atom is -0.393 e. The van der Waals surface area contributed by atoms with Crippen LogP contribution in [-0.4, -0.2) is 77.9 Å². The first-order valence-corrected chi connectivity index (χ1v) is 13.7. The van der Waals surface area contributed by atoms with Crippen LogP contribution >= 0.6 is 0 Å². The predicted octanol–water partition coefficient (Wildman–Crippen LogP) is 2.32. The lowest BCUT2D eigenvalue weighted by Gasteiger charge is -2.29. The normalized spacial score (nSPS) is 14.3. The van der Waals surface area contributed by atoms with Crippen LogP contribution in [0.5, 0.6) is 0 Å². The second kappa shape index (κ2) is 24.0. The van der Waals surface area contributed by atoms with Crippen molar-refractivity contribution in [2.45, 2.75) is 91.3 Å². The van der Waals surface area contributed by atoms with E-state index < -0.39 is 18.1 Å². The number of nitrogens with two attached hydrogens (primary N) is 2. The van der Waals surface area contributed by atoms with E-state index in [0.717, 1.165) is 25.8 Å². The Balaban J connectivity index is 0. The van der Waals surface area contributed by atoms with Crippen molar-refractivity contribution < 1.29 is 28.7 Å². The fourth-order valence-corrected chi connectivity index (χ4v) is 3.52. The maximum Gasteiger partial charge on any atom is 0.245 e. The number of benzene rings is 1. The van der Waals surface area contributed by atoms with E-state index in [2.05, 4.69) is 12.2 Å². The second-order valence-corrected chi connectivity index (χ2v) is 8.83. The zero-order chi connectivity index (χ0) is 30.2. The Morgan fingerprint density at radius 3 is 2.38 bits per heavy atom.